The van der Waals surface area contributed by atoms with E-state index in [1.807, 2.05) is 12.1 Å². The zero-order chi connectivity index (χ0) is 20.6. The first kappa shape index (κ1) is 24.9. The van der Waals surface area contributed by atoms with Crippen molar-refractivity contribution in [3.05, 3.63) is 59.1 Å². The van der Waals surface area contributed by atoms with E-state index < -0.39 is 6.10 Å². The Morgan fingerprint density at radius 2 is 1.50 bits per heavy atom. The number of unbranched alkanes of at least 4 members (excludes halogenated alkanes) is 4. The topological polar surface area (TPSA) is 23.5 Å². The number of rotatable bonds is 11. The standard InChI is InChI=1S/C26H34ClNO.ClH/c1-3-5-9-15-28(16-10-6-4-2)19-26(29)25-17-20-11-7-8-12-22(20)24-18-21(27)13-14-23(24)25;/h7-8,11-14,17-18,26,29H,3-6,9-10,15-16,19H2,1-2H3;1H. The van der Waals surface area contributed by atoms with E-state index in [9.17, 15) is 5.11 Å². The Morgan fingerprint density at radius 1 is 0.833 bits per heavy atom. The predicted octanol–water partition coefficient (Wildman–Crippen LogP) is 7.78. The lowest BCUT2D eigenvalue weighted by molar-refractivity contribution is 0.112. The summed E-state index contributed by atoms with van der Waals surface area (Å²) in [5, 5.41) is 16.5. The first-order chi connectivity index (χ1) is 14.1. The first-order valence-electron chi connectivity index (χ1n) is 11.1. The summed E-state index contributed by atoms with van der Waals surface area (Å²) in [5.74, 6) is 0. The van der Waals surface area contributed by atoms with Crippen molar-refractivity contribution in [3.8, 4) is 0 Å². The molecule has 3 rings (SSSR count). The molecule has 1 atom stereocenters. The normalized spacial score (nSPS) is 12.4. The van der Waals surface area contributed by atoms with E-state index in [1.54, 1.807) is 0 Å². The summed E-state index contributed by atoms with van der Waals surface area (Å²) in [6, 6.07) is 16.5. The quantitative estimate of drug-likeness (QED) is 0.239. The van der Waals surface area contributed by atoms with Gasteiger partial charge in [-0.25, -0.2) is 0 Å². The molecular weight excluding hydrogens is 413 g/mol. The molecule has 1 N–H and O–H groups in total. The first-order valence-corrected chi connectivity index (χ1v) is 11.5. The lowest BCUT2D eigenvalue weighted by atomic mass is 9.94. The molecular formula is C26H35Cl2NO. The molecule has 0 aliphatic heterocycles. The summed E-state index contributed by atoms with van der Waals surface area (Å²) in [5.41, 5.74) is 1.01. The maximum absolute atomic E-state index is 11.3. The number of fused-ring (bicyclic) bond motifs is 3. The fraction of sp³-hybridized carbons (Fsp3) is 0.462. The van der Waals surface area contributed by atoms with Crippen LogP contribution in [-0.4, -0.2) is 29.6 Å². The number of hydrogen-bond acceptors (Lipinski definition) is 2. The van der Waals surface area contributed by atoms with Crippen molar-refractivity contribution in [1.29, 1.82) is 0 Å². The highest BCUT2D eigenvalue weighted by Crippen LogP contribution is 2.34. The van der Waals surface area contributed by atoms with Gasteiger partial charge in [0.05, 0.1) is 6.10 Å². The molecule has 30 heavy (non-hydrogen) atoms. The second-order valence-electron chi connectivity index (χ2n) is 8.11. The summed E-state index contributed by atoms with van der Waals surface area (Å²) in [4.78, 5) is 2.45. The molecule has 0 saturated carbocycles. The molecule has 0 amide bonds. The van der Waals surface area contributed by atoms with Crippen LogP contribution in [0.25, 0.3) is 21.5 Å². The Labute approximate surface area is 192 Å². The molecule has 0 spiro atoms. The SMILES string of the molecule is CCCCCN(CCCCC)CC(O)c1cc2ccccc2c2cc(Cl)ccc12.Cl. The third-order valence-corrected chi connectivity index (χ3v) is 6.04. The van der Waals surface area contributed by atoms with Crippen LogP contribution in [-0.2, 0) is 0 Å². The minimum absolute atomic E-state index is 0. The van der Waals surface area contributed by atoms with E-state index in [0.29, 0.717) is 6.54 Å². The molecule has 0 radical (unpaired) electrons. The molecule has 0 aromatic heterocycles. The van der Waals surface area contributed by atoms with Crippen molar-refractivity contribution in [2.45, 2.75) is 58.5 Å². The van der Waals surface area contributed by atoms with Gasteiger partial charge in [0, 0.05) is 11.6 Å². The van der Waals surface area contributed by atoms with E-state index in [-0.39, 0.29) is 12.4 Å². The Balaban J connectivity index is 0.00000320. The molecule has 3 aromatic carbocycles. The highest BCUT2D eigenvalue weighted by molar-refractivity contribution is 6.32. The number of benzene rings is 3. The van der Waals surface area contributed by atoms with Crippen molar-refractivity contribution in [2.75, 3.05) is 19.6 Å². The van der Waals surface area contributed by atoms with Gasteiger partial charge in [-0.3, -0.25) is 0 Å². The second-order valence-corrected chi connectivity index (χ2v) is 8.54. The Morgan fingerprint density at radius 3 is 2.17 bits per heavy atom. The highest BCUT2D eigenvalue weighted by atomic mass is 35.5. The summed E-state index contributed by atoms with van der Waals surface area (Å²) in [6.07, 6.45) is 6.83. The van der Waals surface area contributed by atoms with Crippen LogP contribution in [0.3, 0.4) is 0 Å². The van der Waals surface area contributed by atoms with Crippen LogP contribution in [0, 0.1) is 0 Å². The van der Waals surface area contributed by atoms with Crippen LogP contribution in [0.1, 0.15) is 64.0 Å². The monoisotopic (exact) mass is 447 g/mol. The van der Waals surface area contributed by atoms with Gasteiger partial charge in [-0.05, 0) is 71.2 Å². The third-order valence-electron chi connectivity index (χ3n) is 5.80. The second kappa shape index (κ2) is 12.5. The van der Waals surface area contributed by atoms with E-state index in [0.717, 1.165) is 39.8 Å². The number of aliphatic hydroxyl groups excluding tert-OH is 1. The minimum Gasteiger partial charge on any atom is -0.387 e. The van der Waals surface area contributed by atoms with Crippen molar-refractivity contribution < 1.29 is 5.11 Å². The highest BCUT2D eigenvalue weighted by Gasteiger charge is 2.17. The maximum Gasteiger partial charge on any atom is 0.0923 e. The van der Waals surface area contributed by atoms with Crippen molar-refractivity contribution in [3.63, 3.8) is 0 Å². The predicted molar refractivity (Wildman–Crippen MR) is 134 cm³/mol. The number of halogens is 2. The van der Waals surface area contributed by atoms with E-state index in [4.69, 9.17) is 11.6 Å². The molecule has 0 aliphatic rings. The van der Waals surface area contributed by atoms with Crippen molar-refractivity contribution >= 4 is 45.6 Å². The summed E-state index contributed by atoms with van der Waals surface area (Å²) in [7, 11) is 0. The van der Waals surface area contributed by atoms with Gasteiger partial charge in [0.1, 0.15) is 0 Å². The van der Waals surface area contributed by atoms with E-state index in [1.165, 1.54) is 43.9 Å². The van der Waals surface area contributed by atoms with Crippen LogP contribution in [0.5, 0.6) is 0 Å². The summed E-state index contributed by atoms with van der Waals surface area (Å²) in [6.45, 7) is 7.28. The fourth-order valence-corrected chi connectivity index (χ4v) is 4.36. The lowest BCUT2D eigenvalue weighted by Crippen LogP contribution is -2.31. The van der Waals surface area contributed by atoms with Gasteiger partial charge in [0.15, 0.2) is 0 Å². The zero-order valence-corrected chi connectivity index (χ0v) is 19.8. The fourth-order valence-electron chi connectivity index (χ4n) is 4.19. The largest absolute Gasteiger partial charge is 0.387 e. The molecule has 0 saturated heterocycles. The summed E-state index contributed by atoms with van der Waals surface area (Å²) >= 11 is 6.31. The Hall–Kier alpha value is -1.32. The van der Waals surface area contributed by atoms with E-state index in [2.05, 4.69) is 55.1 Å². The average molecular weight is 448 g/mol. The third kappa shape index (κ3) is 6.34. The van der Waals surface area contributed by atoms with Gasteiger partial charge in [0.2, 0.25) is 0 Å². The smallest absolute Gasteiger partial charge is 0.0923 e. The molecule has 2 nitrogen and oxygen atoms in total. The molecule has 3 aromatic rings. The summed E-state index contributed by atoms with van der Waals surface area (Å²) < 4.78 is 0. The van der Waals surface area contributed by atoms with Gasteiger partial charge in [-0.15, -0.1) is 12.4 Å². The van der Waals surface area contributed by atoms with Gasteiger partial charge in [-0.1, -0.05) is 81.5 Å². The Bertz CT molecular complexity index is 917. The van der Waals surface area contributed by atoms with Crippen LogP contribution < -0.4 is 0 Å². The molecule has 0 heterocycles. The molecule has 4 heteroatoms. The van der Waals surface area contributed by atoms with Gasteiger partial charge in [-0.2, -0.15) is 0 Å². The molecule has 0 fully saturated rings. The molecule has 0 aliphatic carbocycles. The van der Waals surface area contributed by atoms with Crippen molar-refractivity contribution in [1.82, 2.24) is 4.90 Å². The zero-order valence-electron chi connectivity index (χ0n) is 18.2. The number of aliphatic hydroxyl groups is 1. The molecule has 1 unspecified atom stereocenters. The lowest BCUT2D eigenvalue weighted by Gasteiger charge is -2.26. The van der Waals surface area contributed by atoms with Crippen LogP contribution in [0.2, 0.25) is 5.02 Å². The average Bonchev–Trinajstić information content (AvgIpc) is 2.73. The molecule has 0 bridgehead atoms. The van der Waals surface area contributed by atoms with Crippen LogP contribution in [0.15, 0.2) is 48.5 Å². The van der Waals surface area contributed by atoms with Crippen molar-refractivity contribution in [2.24, 2.45) is 0 Å². The van der Waals surface area contributed by atoms with Crippen LogP contribution >= 0.6 is 24.0 Å². The molecule has 164 valence electrons. The number of hydrogen-bond donors (Lipinski definition) is 1. The van der Waals surface area contributed by atoms with Crippen LogP contribution in [0.4, 0.5) is 0 Å². The minimum atomic E-state index is -0.508. The van der Waals surface area contributed by atoms with Gasteiger partial charge in [0.25, 0.3) is 0 Å². The van der Waals surface area contributed by atoms with Gasteiger partial charge >= 0.3 is 0 Å². The Kier molecular flexibility index (Phi) is 10.4. The maximum atomic E-state index is 11.3. The number of nitrogens with zero attached hydrogens (tertiary/aromatic N) is 1. The van der Waals surface area contributed by atoms with E-state index >= 15 is 0 Å². The van der Waals surface area contributed by atoms with Gasteiger partial charge < -0.3 is 10.0 Å².